The number of hydrogen-bond acceptors (Lipinski definition) is 3. The van der Waals surface area contributed by atoms with Crippen molar-refractivity contribution in [2.75, 3.05) is 0 Å². The Bertz CT molecular complexity index is 751. The Labute approximate surface area is 182 Å². The number of halogens is 12. The van der Waals surface area contributed by atoms with Gasteiger partial charge < -0.3 is 0 Å². The van der Waals surface area contributed by atoms with Crippen LogP contribution >= 0.6 is 0 Å². The highest BCUT2D eigenvalue weighted by Gasteiger charge is 2.79. The Hall–Kier alpha value is -0.930. The first-order chi connectivity index (χ1) is 14.4. The fourth-order valence-corrected chi connectivity index (χ4v) is 5.23. The van der Waals surface area contributed by atoms with Crippen molar-refractivity contribution in [2.45, 2.75) is 88.4 Å². The standard InChI is InChI=1S/C17H22F12O3S/c1-4-9(2)33(30,31)32-13(16(24,25)26,17(27,28)29)11-7-5-6-10(8-11)12(3,14(18,19)20)15(21,22)23/h9-11H,4-8H2,1-3H3. The fraction of sp³-hybridized carbons (Fsp3) is 1.00. The minimum Gasteiger partial charge on any atom is -0.243 e. The van der Waals surface area contributed by atoms with E-state index in [-0.39, 0.29) is 6.92 Å². The summed E-state index contributed by atoms with van der Waals surface area (Å²) in [6, 6.07) is 0. The normalized spacial score (nSPS) is 23.5. The van der Waals surface area contributed by atoms with Crippen molar-refractivity contribution in [3.05, 3.63) is 0 Å². The molecule has 0 amide bonds. The summed E-state index contributed by atoms with van der Waals surface area (Å²) in [5.74, 6) is -5.81. The van der Waals surface area contributed by atoms with Crippen molar-refractivity contribution in [2.24, 2.45) is 17.3 Å². The third-order valence-electron chi connectivity index (χ3n) is 6.40. The highest BCUT2D eigenvalue weighted by atomic mass is 32.2. The molecular formula is C17H22F12O3S. The molecular weight excluding hydrogens is 512 g/mol. The van der Waals surface area contributed by atoms with E-state index in [9.17, 15) is 61.1 Å². The van der Waals surface area contributed by atoms with Crippen LogP contribution in [-0.2, 0) is 14.3 Å². The molecule has 0 aromatic carbocycles. The van der Waals surface area contributed by atoms with Crippen molar-refractivity contribution >= 4 is 10.1 Å². The minimum absolute atomic E-state index is 0.334. The molecule has 0 aliphatic heterocycles. The summed E-state index contributed by atoms with van der Waals surface area (Å²) in [6.07, 6.45) is -30.5. The Kier molecular flexibility index (Phi) is 8.15. The van der Waals surface area contributed by atoms with E-state index >= 15 is 0 Å². The van der Waals surface area contributed by atoms with E-state index in [4.69, 9.17) is 0 Å². The second kappa shape index (κ2) is 8.94. The van der Waals surface area contributed by atoms with Gasteiger partial charge in [0, 0.05) is 5.92 Å². The third-order valence-corrected chi connectivity index (χ3v) is 8.22. The van der Waals surface area contributed by atoms with Crippen LogP contribution in [0.5, 0.6) is 0 Å². The molecule has 0 saturated heterocycles. The Balaban J connectivity index is 3.74. The second-order valence-electron chi connectivity index (χ2n) is 8.28. The van der Waals surface area contributed by atoms with E-state index in [1.807, 2.05) is 0 Å². The van der Waals surface area contributed by atoms with Gasteiger partial charge >= 0.3 is 24.7 Å². The van der Waals surface area contributed by atoms with Crippen LogP contribution in [0.25, 0.3) is 0 Å². The average Bonchev–Trinajstić information content (AvgIpc) is 2.60. The van der Waals surface area contributed by atoms with Crippen LogP contribution in [0.1, 0.15) is 52.9 Å². The zero-order chi connectivity index (χ0) is 26.5. The van der Waals surface area contributed by atoms with Gasteiger partial charge in [-0.15, -0.1) is 0 Å². The number of alkyl halides is 12. The summed E-state index contributed by atoms with van der Waals surface area (Å²) in [4.78, 5) is 0. The highest BCUT2D eigenvalue weighted by molar-refractivity contribution is 7.87. The van der Waals surface area contributed by atoms with Crippen LogP contribution in [0.2, 0.25) is 0 Å². The van der Waals surface area contributed by atoms with Gasteiger partial charge in [-0.3, -0.25) is 0 Å². The van der Waals surface area contributed by atoms with E-state index in [1.54, 1.807) is 0 Å². The maximum atomic E-state index is 13.9. The van der Waals surface area contributed by atoms with Crippen LogP contribution in [0.15, 0.2) is 0 Å². The Morgan fingerprint density at radius 2 is 1.18 bits per heavy atom. The number of rotatable bonds is 6. The summed E-state index contributed by atoms with van der Waals surface area (Å²) in [7, 11) is -5.58. The van der Waals surface area contributed by atoms with Crippen molar-refractivity contribution in [3.8, 4) is 0 Å². The van der Waals surface area contributed by atoms with Gasteiger partial charge in [-0.25, -0.2) is 4.18 Å². The van der Waals surface area contributed by atoms with Crippen LogP contribution < -0.4 is 0 Å². The number of hydrogen-bond donors (Lipinski definition) is 0. The van der Waals surface area contributed by atoms with Crippen molar-refractivity contribution in [3.63, 3.8) is 0 Å². The predicted octanol–water partition coefficient (Wildman–Crippen LogP) is 6.93. The quantitative estimate of drug-likeness (QED) is 0.274. The molecule has 0 N–H and O–H groups in total. The van der Waals surface area contributed by atoms with Crippen molar-refractivity contribution < 1.29 is 65.3 Å². The van der Waals surface area contributed by atoms with Gasteiger partial charge in [-0.2, -0.15) is 61.1 Å². The largest absolute Gasteiger partial charge is 0.428 e. The first-order valence-electron chi connectivity index (χ1n) is 9.61. The lowest BCUT2D eigenvalue weighted by atomic mass is 9.62. The molecule has 3 atom stereocenters. The molecule has 0 heterocycles. The molecule has 1 saturated carbocycles. The van der Waals surface area contributed by atoms with Gasteiger partial charge in [-0.05, 0) is 45.4 Å². The lowest BCUT2D eigenvalue weighted by Crippen LogP contribution is -2.66. The topological polar surface area (TPSA) is 43.4 Å². The van der Waals surface area contributed by atoms with Crippen LogP contribution in [0.4, 0.5) is 52.7 Å². The van der Waals surface area contributed by atoms with Crippen LogP contribution in [-0.4, -0.2) is 44.0 Å². The van der Waals surface area contributed by atoms with Crippen LogP contribution in [0.3, 0.4) is 0 Å². The van der Waals surface area contributed by atoms with Gasteiger partial charge in [-0.1, -0.05) is 13.3 Å². The maximum Gasteiger partial charge on any atom is 0.428 e. The average molecular weight is 534 g/mol. The lowest BCUT2D eigenvalue weighted by Gasteiger charge is -2.49. The molecule has 3 nitrogen and oxygen atoms in total. The first-order valence-corrected chi connectivity index (χ1v) is 11.1. The summed E-state index contributed by atoms with van der Waals surface area (Å²) in [5, 5.41) is -1.86. The third kappa shape index (κ3) is 5.20. The van der Waals surface area contributed by atoms with Crippen molar-refractivity contribution in [1.29, 1.82) is 0 Å². The van der Waals surface area contributed by atoms with Gasteiger partial charge in [0.25, 0.3) is 15.7 Å². The van der Waals surface area contributed by atoms with Crippen molar-refractivity contribution in [1.82, 2.24) is 0 Å². The Morgan fingerprint density at radius 3 is 1.52 bits per heavy atom. The molecule has 0 radical (unpaired) electrons. The molecule has 1 rings (SSSR count). The zero-order valence-corrected chi connectivity index (χ0v) is 18.3. The van der Waals surface area contributed by atoms with Gasteiger partial charge in [0.1, 0.15) is 0 Å². The summed E-state index contributed by atoms with van der Waals surface area (Å²) in [6.45, 7) is 1.53. The second-order valence-corrected chi connectivity index (χ2v) is 10.2. The van der Waals surface area contributed by atoms with Crippen LogP contribution in [0, 0.1) is 17.3 Å². The monoisotopic (exact) mass is 534 g/mol. The fourth-order valence-electron chi connectivity index (χ4n) is 3.96. The summed E-state index contributed by atoms with van der Waals surface area (Å²) in [5.41, 5.74) is -10.1. The Morgan fingerprint density at radius 1 is 0.788 bits per heavy atom. The molecule has 0 bridgehead atoms. The predicted molar refractivity (Wildman–Crippen MR) is 90.3 cm³/mol. The summed E-state index contributed by atoms with van der Waals surface area (Å²) < 4.78 is 192. The van der Waals surface area contributed by atoms with E-state index < -0.39 is 95.0 Å². The molecule has 0 spiro atoms. The molecule has 16 heteroatoms. The molecule has 0 aromatic heterocycles. The highest BCUT2D eigenvalue weighted by Crippen LogP contribution is 2.62. The molecule has 3 unspecified atom stereocenters. The van der Waals surface area contributed by atoms with E-state index in [0.717, 1.165) is 13.8 Å². The van der Waals surface area contributed by atoms with Gasteiger partial charge in [0.15, 0.2) is 5.41 Å². The first kappa shape index (κ1) is 30.1. The molecule has 1 aliphatic rings. The van der Waals surface area contributed by atoms with E-state index in [0.29, 0.717) is 0 Å². The maximum absolute atomic E-state index is 13.9. The molecule has 198 valence electrons. The molecule has 1 aliphatic carbocycles. The molecule has 33 heavy (non-hydrogen) atoms. The smallest absolute Gasteiger partial charge is 0.243 e. The zero-order valence-electron chi connectivity index (χ0n) is 17.4. The van der Waals surface area contributed by atoms with Gasteiger partial charge in [0.05, 0.1) is 5.25 Å². The summed E-state index contributed by atoms with van der Waals surface area (Å²) >= 11 is 0. The van der Waals surface area contributed by atoms with Gasteiger partial charge in [0.2, 0.25) is 0 Å². The molecule has 1 fully saturated rings. The minimum atomic E-state index is -6.52. The molecule has 0 aromatic rings. The SMILES string of the molecule is CCC(C)S(=O)(=O)OC(C1CCCC(C(C)(C(F)(F)F)C(F)(F)F)C1)(C(F)(F)F)C(F)(F)F. The van der Waals surface area contributed by atoms with E-state index in [1.165, 1.54) is 0 Å². The van der Waals surface area contributed by atoms with E-state index in [2.05, 4.69) is 4.18 Å². The lowest BCUT2D eigenvalue weighted by molar-refractivity contribution is -0.384.